The van der Waals surface area contributed by atoms with Gasteiger partial charge in [-0.25, -0.2) is 9.67 Å². The fourth-order valence-corrected chi connectivity index (χ4v) is 4.65. The first kappa shape index (κ1) is 27.5. The van der Waals surface area contributed by atoms with Gasteiger partial charge in [0.05, 0.1) is 5.69 Å². The number of benzene rings is 3. The van der Waals surface area contributed by atoms with Crippen LogP contribution in [0.15, 0.2) is 79.1 Å². The molecule has 4 aromatic rings. The molecule has 1 aromatic heterocycles. The van der Waals surface area contributed by atoms with E-state index in [-0.39, 0.29) is 5.75 Å². The van der Waals surface area contributed by atoms with Gasteiger partial charge in [-0.2, -0.15) is 0 Å². The minimum Gasteiger partial charge on any atom is -0.406 e. The monoisotopic (exact) mass is 537 g/mol. The number of rotatable bonds is 11. The van der Waals surface area contributed by atoms with Gasteiger partial charge in [0.15, 0.2) is 5.82 Å². The van der Waals surface area contributed by atoms with E-state index in [2.05, 4.69) is 65.1 Å². The number of thiocarbonyl (C=S) groups is 1. The lowest BCUT2D eigenvalue weighted by Gasteiger charge is -2.13. The standard InChI is InChI=1S/C30H30F3N3OS/c1-21(2)28-10-6-4-8-24(28)19-27(38)9-5-3-7-22-11-13-23(14-12-22)29-34-20-36(35-29)25-15-17-26(18-16-25)37-30(31,32)33/h4,6,8,10-18,20-21H,3,5,7,9,19H2,1-2H3. The first-order valence-electron chi connectivity index (χ1n) is 12.6. The van der Waals surface area contributed by atoms with Gasteiger partial charge in [-0.15, -0.1) is 18.3 Å². The zero-order valence-corrected chi connectivity index (χ0v) is 22.2. The van der Waals surface area contributed by atoms with Crippen LogP contribution in [0.5, 0.6) is 5.75 Å². The molecule has 8 heteroatoms. The third-order valence-electron chi connectivity index (χ3n) is 6.27. The van der Waals surface area contributed by atoms with Gasteiger partial charge in [0, 0.05) is 12.0 Å². The molecule has 0 saturated carbocycles. The summed E-state index contributed by atoms with van der Waals surface area (Å²) in [4.78, 5) is 5.46. The summed E-state index contributed by atoms with van der Waals surface area (Å²) >= 11 is 5.68. The second-order valence-electron chi connectivity index (χ2n) is 9.53. The van der Waals surface area contributed by atoms with Crippen LogP contribution in [0.3, 0.4) is 0 Å². The van der Waals surface area contributed by atoms with Crippen molar-refractivity contribution in [1.29, 1.82) is 0 Å². The fraction of sp³-hybridized carbons (Fsp3) is 0.300. The Bertz CT molecular complexity index is 1350. The first-order valence-corrected chi connectivity index (χ1v) is 13.1. The Morgan fingerprint density at radius 2 is 1.66 bits per heavy atom. The first-order chi connectivity index (χ1) is 18.2. The Hall–Kier alpha value is -3.52. The largest absolute Gasteiger partial charge is 0.573 e. The van der Waals surface area contributed by atoms with Crippen molar-refractivity contribution < 1.29 is 17.9 Å². The maximum Gasteiger partial charge on any atom is 0.573 e. The Morgan fingerprint density at radius 1 is 0.947 bits per heavy atom. The van der Waals surface area contributed by atoms with Crippen LogP contribution in [0.1, 0.15) is 55.7 Å². The van der Waals surface area contributed by atoms with Gasteiger partial charge in [-0.3, -0.25) is 0 Å². The number of halogens is 3. The molecule has 0 aliphatic rings. The summed E-state index contributed by atoms with van der Waals surface area (Å²) in [6.45, 7) is 4.43. The van der Waals surface area contributed by atoms with Crippen molar-refractivity contribution in [3.05, 3.63) is 95.8 Å². The molecule has 3 aromatic carbocycles. The van der Waals surface area contributed by atoms with Crippen LogP contribution in [0.4, 0.5) is 13.2 Å². The maximum atomic E-state index is 12.4. The summed E-state index contributed by atoms with van der Waals surface area (Å²) in [6.07, 6.45) is 1.72. The normalized spacial score (nSPS) is 11.6. The predicted octanol–water partition coefficient (Wildman–Crippen LogP) is 8.28. The highest BCUT2D eigenvalue weighted by Crippen LogP contribution is 2.24. The highest BCUT2D eigenvalue weighted by Gasteiger charge is 2.31. The van der Waals surface area contributed by atoms with E-state index in [1.807, 2.05) is 12.1 Å². The molecular formula is C30H30F3N3OS. The van der Waals surface area contributed by atoms with Crippen LogP contribution in [-0.4, -0.2) is 26.0 Å². The van der Waals surface area contributed by atoms with Crippen LogP contribution in [0.25, 0.3) is 17.1 Å². The van der Waals surface area contributed by atoms with Gasteiger partial charge in [0.1, 0.15) is 12.1 Å². The lowest BCUT2D eigenvalue weighted by Crippen LogP contribution is -2.17. The second kappa shape index (κ2) is 12.3. The number of alkyl halides is 3. The van der Waals surface area contributed by atoms with E-state index in [9.17, 15) is 13.2 Å². The van der Waals surface area contributed by atoms with Crippen molar-refractivity contribution in [2.24, 2.45) is 0 Å². The summed E-state index contributed by atoms with van der Waals surface area (Å²) in [5.41, 5.74) is 5.41. The molecule has 0 fully saturated rings. The lowest BCUT2D eigenvalue weighted by molar-refractivity contribution is -0.274. The molecule has 1 heterocycles. The van der Waals surface area contributed by atoms with Gasteiger partial charge in [-0.1, -0.05) is 74.6 Å². The smallest absolute Gasteiger partial charge is 0.406 e. The molecule has 0 saturated heterocycles. The van der Waals surface area contributed by atoms with Crippen LogP contribution < -0.4 is 4.74 Å². The molecule has 0 aliphatic carbocycles. The summed E-state index contributed by atoms with van der Waals surface area (Å²) in [5.74, 6) is 0.754. The highest BCUT2D eigenvalue weighted by molar-refractivity contribution is 7.80. The van der Waals surface area contributed by atoms with Crippen LogP contribution in [-0.2, 0) is 12.8 Å². The number of hydrogen-bond donors (Lipinski definition) is 0. The number of aromatic nitrogens is 3. The van der Waals surface area contributed by atoms with E-state index in [1.54, 1.807) is 0 Å². The van der Waals surface area contributed by atoms with E-state index in [0.717, 1.165) is 42.5 Å². The summed E-state index contributed by atoms with van der Waals surface area (Å²) in [7, 11) is 0. The average Bonchev–Trinajstić information content (AvgIpc) is 3.37. The molecule has 0 atom stereocenters. The molecule has 0 unspecified atom stereocenters. The lowest BCUT2D eigenvalue weighted by atomic mass is 9.93. The quantitative estimate of drug-likeness (QED) is 0.143. The molecule has 0 amide bonds. The summed E-state index contributed by atoms with van der Waals surface area (Å²) in [5, 5.41) is 4.46. The highest BCUT2D eigenvalue weighted by atomic mass is 32.1. The van der Waals surface area contributed by atoms with Crippen molar-refractivity contribution in [2.45, 2.75) is 58.2 Å². The minimum absolute atomic E-state index is 0.282. The zero-order valence-electron chi connectivity index (χ0n) is 21.4. The van der Waals surface area contributed by atoms with E-state index < -0.39 is 6.36 Å². The van der Waals surface area contributed by atoms with Crippen molar-refractivity contribution in [1.82, 2.24) is 14.8 Å². The Morgan fingerprint density at radius 3 is 2.34 bits per heavy atom. The van der Waals surface area contributed by atoms with Crippen LogP contribution >= 0.6 is 12.2 Å². The molecule has 0 N–H and O–H groups in total. The second-order valence-corrected chi connectivity index (χ2v) is 10.1. The Kier molecular flexibility index (Phi) is 8.94. The van der Waals surface area contributed by atoms with Crippen molar-refractivity contribution in [3.8, 4) is 22.8 Å². The minimum atomic E-state index is -4.72. The van der Waals surface area contributed by atoms with Gasteiger partial charge < -0.3 is 4.74 Å². The number of unbranched alkanes of at least 4 members (excludes halogenated alkanes) is 1. The Labute approximate surface area is 226 Å². The number of ether oxygens (including phenoxy) is 1. The summed E-state index contributed by atoms with van der Waals surface area (Å²) in [6, 6.07) is 22.2. The van der Waals surface area contributed by atoms with Gasteiger partial charge in [-0.05, 0) is 77.4 Å². The predicted molar refractivity (Wildman–Crippen MR) is 148 cm³/mol. The van der Waals surface area contributed by atoms with Crippen molar-refractivity contribution in [2.75, 3.05) is 0 Å². The molecule has 0 radical (unpaired) electrons. The van der Waals surface area contributed by atoms with E-state index in [4.69, 9.17) is 12.2 Å². The zero-order chi connectivity index (χ0) is 27.1. The van der Waals surface area contributed by atoms with Gasteiger partial charge in [0.25, 0.3) is 0 Å². The van der Waals surface area contributed by atoms with Crippen LogP contribution in [0.2, 0.25) is 0 Å². The average molecular weight is 538 g/mol. The molecule has 0 spiro atoms. The fourth-order valence-electron chi connectivity index (χ4n) is 4.35. The molecule has 38 heavy (non-hydrogen) atoms. The molecule has 0 aliphatic heterocycles. The molecule has 198 valence electrons. The topological polar surface area (TPSA) is 39.9 Å². The summed E-state index contributed by atoms with van der Waals surface area (Å²) < 4.78 is 42.5. The van der Waals surface area contributed by atoms with E-state index in [1.165, 1.54) is 52.0 Å². The van der Waals surface area contributed by atoms with Crippen LogP contribution in [0, 0.1) is 0 Å². The molecule has 0 bridgehead atoms. The molecule has 4 rings (SSSR count). The van der Waals surface area contributed by atoms with Gasteiger partial charge in [0.2, 0.25) is 0 Å². The van der Waals surface area contributed by atoms with Crippen molar-refractivity contribution in [3.63, 3.8) is 0 Å². The SMILES string of the molecule is CC(C)c1ccccc1CC(=S)CCCCc1ccc(-c2ncn(-c3ccc(OC(F)(F)F)cc3)n2)cc1. The third kappa shape index (κ3) is 7.74. The maximum absolute atomic E-state index is 12.4. The molecular weight excluding hydrogens is 507 g/mol. The molecule has 4 nitrogen and oxygen atoms in total. The van der Waals surface area contributed by atoms with E-state index >= 15 is 0 Å². The Balaban J connectivity index is 1.26. The number of hydrogen-bond acceptors (Lipinski definition) is 4. The number of nitrogens with zero attached hydrogens (tertiary/aromatic N) is 3. The van der Waals surface area contributed by atoms with Gasteiger partial charge >= 0.3 is 6.36 Å². The number of aryl methyl sites for hydroxylation is 1. The third-order valence-corrected chi connectivity index (χ3v) is 6.62. The van der Waals surface area contributed by atoms with E-state index in [0.29, 0.717) is 17.4 Å². The van der Waals surface area contributed by atoms with Crippen molar-refractivity contribution >= 4 is 17.1 Å².